The molecule has 0 spiro atoms. The van der Waals surface area contributed by atoms with E-state index in [1.165, 1.54) is 0 Å². The van der Waals surface area contributed by atoms with Gasteiger partial charge in [0.05, 0.1) is 41.9 Å². The van der Waals surface area contributed by atoms with Crippen molar-refractivity contribution in [1.82, 2.24) is 30.3 Å². The third-order valence-corrected chi connectivity index (χ3v) is 10.4. The average molecular weight is 715 g/mol. The van der Waals surface area contributed by atoms with E-state index < -0.39 is 17.5 Å². The van der Waals surface area contributed by atoms with Gasteiger partial charge in [0.1, 0.15) is 12.1 Å². The highest BCUT2D eigenvalue weighted by atomic mass is 32.1. The topological polar surface area (TPSA) is 126 Å². The van der Waals surface area contributed by atoms with E-state index in [-0.39, 0.29) is 36.6 Å². The smallest absolute Gasteiger partial charge is 0.246 e. The number of likely N-dealkylation sites (tertiary alicyclic amines) is 1. The van der Waals surface area contributed by atoms with Crippen LogP contribution in [0.3, 0.4) is 0 Å². The van der Waals surface area contributed by atoms with Gasteiger partial charge in [-0.3, -0.25) is 24.2 Å². The second-order valence-corrected chi connectivity index (χ2v) is 15.1. The van der Waals surface area contributed by atoms with Crippen LogP contribution >= 0.6 is 11.3 Å². The molecule has 1 aromatic heterocycles. The van der Waals surface area contributed by atoms with Crippen LogP contribution in [0.25, 0.3) is 10.4 Å². The first-order valence-electron chi connectivity index (χ1n) is 18.1. The minimum atomic E-state index is -0.751. The van der Waals surface area contributed by atoms with Crippen molar-refractivity contribution in [1.29, 1.82) is 0 Å². The van der Waals surface area contributed by atoms with E-state index in [1.807, 2.05) is 66.1 Å². The van der Waals surface area contributed by atoms with Gasteiger partial charge in [0.25, 0.3) is 0 Å². The molecule has 50 heavy (non-hydrogen) atoms. The average Bonchev–Trinajstić information content (AvgIpc) is 3.75. The first-order valence-corrected chi connectivity index (χ1v) is 19.0. The van der Waals surface area contributed by atoms with Gasteiger partial charge in [0.15, 0.2) is 6.29 Å². The number of benzene rings is 1. The van der Waals surface area contributed by atoms with Crippen LogP contribution in [0, 0.1) is 12.3 Å². The summed E-state index contributed by atoms with van der Waals surface area (Å²) >= 11 is 1.61. The highest BCUT2D eigenvalue weighted by molar-refractivity contribution is 7.13. The zero-order valence-corrected chi connectivity index (χ0v) is 31.9. The number of piperazine rings is 1. The normalized spacial score (nSPS) is 18.7. The Kier molecular flexibility index (Phi) is 15.2. The molecule has 4 rings (SSSR count). The van der Waals surface area contributed by atoms with Crippen molar-refractivity contribution in [3.05, 3.63) is 41.0 Å². The summed E-state index contributed by atoms with van der Waals surface area (Å²) in [5, 5.41) is 6.18. The number of thiazole rings is 1. The number of amides is 3. The Morgan fingerprint density at radius 3 is 2.24 bits per heavy atom. The molecule has 2 aliphatic heterocycles. The predicted molar refractivity (Wildman–Crippen MR) is 196 cm³/mol. The first-order chi connectivity index (χ1) is 23.9. The van der Waals surface area contributed by atoms with Crippen LogP contribution in [0.2, 0.25) is 0 Å². The van der Waals surface area contributed by atoms with E-state index in [4.69, 9.17) is 14.2 Å². The summed E-state index contributed by atoms with van der Waals surface area (Å²) in [6, 6.07) is 6.61. The fourth-order valence-electron chi connectivity index (χ4n) is 6.48. The lowest BCUT2D eigenvalue weighted by Gasteiger charge is -2.37. The van der Waals surface area contributed by atoms with Crippen LogP contribution in [0.1, 0.15) is 71.7 Å². The van der Waals surface area contributed by atoms with Crippen LogP contribution in [-0.4, -0.2) is 128 Å². The monoisotopic (exact) mass is 714 g/mol. The fraction of sp³-hybridized carbons (Fsp3) is 0.676. The number of carbonyl (C=O) groups is 3. The van der Waals surface area contributed by atoms with Crippen molar-refractivity contribution in [2.45, 2.75) is 85.7 Å². The van der Waals surface area contributed by atoms with Gasteiger partial charge in [-0.15, -0.1) is 11.3 Å². The number of carbonyl (C=O) groups excluding carboxylic acids is 3. The van der Waals surface area contributed by atoms with E-state index in [2.05, 4.69) is 37.6 Å². The molecule has 2 saturated heterocycles. The van der Waals surface area contributed by atoms with Crippen molar-refractivity contribution >= 4 is 29.1 Å². The Morgan fingerprint density at radius 2 is 1.64 bits per heavy atom. The lowest BCUT2D eigenvalue weighted by molar-refractivity contribution is -0.168. The molecule has 3 amide bonds. The molecule has 0 saturated carbocycles. The molecule has 3 atom stereocenters. The van der Waals surface area contributed by atoms with Crippen molar-refractivity contribution in [2.75, 3.05) is 72.2 Å². The lowest BCUT2D eigenvalue weighted by atomic mass is 9.85. The van der Waals surface area contributed by atoms with E-state index in [1.54, 1.807) is 16.2 Å². The molecule has 2 fully saturated rings. The third kappa shape index (κ3) is 11.3. The molecule has 0 aliphatic carbocycles. The lowest BCUT2D eigenvalue weighted by Crippen LogP contribution is -2.59. The highest BCUT2D eigenvalue weighted by Gasteiger charge is 2.42. The van der Waals surface area contributed by atoms with Crippen LogP contribution in [-0.2, 0) is 28.6 Å². The van der Waals surface area contributed by atoms with Crippen molar-refractivity contribution in [3.63, 3.8) is 0 Å². The Labute approximate surface area is 302 Å². The molecule has 13 heteroatoms. The molecule has 3 heterocycles. The van der Waals surface area contributed by atoms with Crippen LogP contribution in [0.4, 0.5) is 0 Å². The summed E-state index contributed by atoms with van der Waals surface area (Å²) in [5.41, 5.74) is 4.40. The molecule has 0 bridgehead atoms. The number of hydrogen-bond acceptors (Lipinski definition) is 10. The largest absolute Gasteiger partial charge is 0.375 e. The van der Waals surface area contributed by atoms with Gasteiger partial charge in [-0.2, -0.15) is 0 Å². The standard InChI is InChI=1S/C37H58N6O6S/c1-8-48-32(49-9-2)24-47-22-21-41-17-19-42(20-18-41)23-31(44)40-34(37(5,6)7)36(46)43-16-10-11-30(43)35(45)39-26(3)28-12-14-29(15-13-28)33-27(4)38-25-50-33/h12-15,25-26,30,32,34H,8-11,16-24H2,1-7H3,(H,39,45)(H,40,44)/t26-,30-,34+/m0/s1. The minimum absolute atomic E-state index is 0.170. The van der Waals surface area contributed by atoms with E-state index in [9.17, 15) is 14.4 Å². The Morgan fingerprint density at radius 1 is 0.980 bits per heavy atom. The summed E-state index contributed by atoms with van der Waals surface area (Å²) in [4.78, 5) is 52.5. The molecule has 278 valence electrons. The Bertz CT molecular complexity index is 1370. The van der Waals surface area contributed by atoms with Crippen LogP contribution in [0.5, 0.6) is 0 Å². The second-order valence-electron chi connectivity index (χ2n) is 14.2. The summed E-state index contributed by atoms with van der Waals surface area (Å²) in [6.45, 7) is 20.5. The summed E-state index contributed by atoms with van der Waals surface area (Å²) in [7, 11) is 0. The number of aryl methyl sites for hydroxylation is 1. The molecule has 2 aromatic rings. The highest BCUT2D eigenvalue weighted by Crippen LogP contribution is 2.29. The number of aromatic nitrogens is 1. The number of nitrogens with zero attached hydrogens (tertiary/aromatic N) is 4. The molecular weight excluding hydrogens is 657 g/mol. The van der Waals surface area contributed by atoms with E-state index >= 15 is 0 Å². The first kappa shape index (κ1) is 39.8. The van der Waals surface area contributed by atoms with Gasteiger partial charge in [-0.1, -0.05) is 45.0 Å². The SMILES string of the molecule is CCOC(COCCN1CCN(CC(=O)N[C@H](C(=O)N2CCC[C@H]2C(=O)N[C@@H](C)c2ccc(-c3scnc3C)cc2)C(C)(C)C)CC1)OCC. The number of ether oxygens (including phenoxy) is 3. The van der Waals surface area contributed by atoms with Gasteiger partial charge in [-0.25, -0.2) is 4.98 Å². The molecule has 0 unspecified atom stereocenters. The summed E-state index contributed by atoms with van der Waals surface area (Å²) in [5.74, 6) is -0.559. The minimum Gasteiger partial charge on any atom is -0.375 e. The van der Waals surface area contributed by atoms with Crippen molar-refractivity contribution in [3.8, 4) is 10.4 Å². The van der Waals surface area contributed by atoms with Gasteiger partial charge < -0.3 is 29.7 Å². The zero-order valence-electron chi connectivity index (χ0n) is 31.0. The van der Waals surface area contributed by atoms with Crippen molar-refractivity contribution < 1.29 is 28.6 Å². The molecular formula is C37H58N6O6S. The molecule has 12 nitrogen and oxygen atoms in total. The maximum atomic E-state index is 14.0. The van der Waals surface area contributed by atoms with Crippen LogP contribution < -0.4 is 10.6 Å². The number of nitrogens with one attached hydrogen (secondary N) is 2. The van der Waals surface area contributed by atoms with Gasteiger partial charge in [0, 0.05) is 52.5 Å². The Hall–Kier alpha value is -2.94. The quantitative estimate of drug-likeness (QED) is 0.186. The van der Waals surface area contributed by atoms with Gasteiger partial charge in [0.2, 0.25) is 17.7 Å². The van der Waals surface area contributed by atoms with Gasteiger partial charge in [-0.05, 0) is 57.1 Å². The van der Waals surface area contributed by atoms with Gasteiger partial charge >= 0.3 is 0 Å². The zero-order chi connectivity index (χ0) is 36.3. The summed E-state index contributed by atoms with van der Waals surface area (Å²) in [6.07, 6.45) is 0.990. The third-order valence-electron chi connectivity index (χ3n) is 9.38. The molecule has 2 N–H and O–H groups in total. The maximum absolute atomic E-state index is 14.0. The Balaban J connectivity index is 1.25. The number of rotatable bonds is 17. The van der Waals surface area contributed by atoms with E-state index in [0.29, 0.717) is 39.4 Å². The van der Waals surface area contributed by atoms with Crippen molar-refractivity contribution in [2.24, 2.45) is 5.41 Å². The maximum Gasteiger partial charge on any atom is 0.246 e. The molecule has 1 aromatic carbocycles. The molecule has 0 radical (unpaired) electrons. The van der Waals surface area contributed by atoms with Crippen LogP contribution in [0.15, 0.2) is 29.8 Å². The molecule has 2 aliphatic rings. The predicted octanol–water partition coefficient (Wildman–Crippen LogP) is 3.85. The summed E-state index contributed by atoms with van der Waals surface area (Å²) < 4.78 is 16.8. The second kappa shape index (κ2) is 19.1. The van der Waals surface area contributed by atoms with E-state index in [0.717, 1.165) is 60.8 Å². The fourth-order valence-corrected chi connectivity index (χ4v) is 7.29. The number of hydrogen-bond donors (Lipinski definition) is 2.